The van der Waals surface area contributed by atoms with Gasteiger partial charge in [-0.1, -0.05) is 6.07 Å². The highest BCUT2D eigenvalue weighted by Crippen LogP contribution is 2.16. The van der Waals surface area contributed by atoms with Crippen LogP contribution in [-0.2, 0) is 13.6 Å². The summed E-state index contributed by atoms with van der Waals surface area (Å²) in [5.41, 5.74) is 2.88. The van der Waals surface area contributed by atoms with Crippen molar-refractivity contribution < 1.29 is 4.79 Å². The quantitative estimate of drug-likeness (QED) is 0.795. The van der Waals surface area contributed by atoms with Crippen LogP contribution in [0.25, 0.3) is 10.9 Å². The van der Waals surface area contributed by atoms with E-state index in [-0.39, 0.29) is 11.6 Å². The average molecular weight is 324 g/mol. The van der Waals surface area contributed by atoms with Gasteiger partial charge in [-0.25, -0.2) is 4.79 Å². The topological polar surface area (TPSA) is 68.9 Å². The summed E-state index contributed by atoms with van der Waals surface area (Å²) < 4.78 is 3.54. The van der Waals surface area contributed by atoms with Gasteiger partial charge < -0.3 is 9.88 Å². The fraction of sp³-hybridized carbons (Fsp3) is 0.278. The minimum absolute atomic E-state index is 0.149. The molecule has 3 rings (SSSR count). The maximum Gasteiger partial charge on any atom is 0.348 e. The van der Waals surface area contributed by atoms with Crippen molar-refractivity contribution in [3.8, 4) is 0 Å². The molecule has 0 spiro atoms. The van der Waals surface area contributed by atoms with Gasteiger partial charge in [-0.15, -0.1) is 0 Å². The van der Waals surface area contributed by atoms with Gasteiger partial charge in [0.05, 0.1) is 0 Å². The number of carbonyl (C=O) groups excluding carboxylic acids is 1. The number of rotatable bonds is 4. The summed E-state index contributed by atoms with van der Waals surface area (Å²) in [6.45, 7) is 4.42. The van der Waals surface area contributed by atoms with E-state index in [9.17, 15) is 9.59 Å². The number of nitrogens with zero attached hydrogens (tertiary/aromatic N) is 3. The molecule has 24 heavy (non-hydrogen) atoms. The third-order valence-electron chi connectivity index (χ3n) is 4.12. The van der Waals surface area contributed by atoms with Gasteiger partial charge in [-0.3, -0.25) is 9.36 Å². The van der Waals surface area contributed by atoms with E-state index >= 15 is 0 Å². The zero-order valence-corrected chi connectivity index (χ0v) is 14.0. The normalized spacial score (nSPS) is 11.0. The molecule has 0 radical (unpaired) electrons. The van der Waals surface area contributed by atoms with Crippen molar-refractivity contribution in [2.75, 3.05) is 6.54 Å². The number of amides is 1. The second-order valence-electron chi connectivity index (χ2n) is 5.93. The second kappa shape index (κ2) is 6.31. The van der Waals surface area contributed by atoms with Crippen LogP contribution in [-0.4, -0.2) is 26.6 Å². The number of hydrogen-bond acceptors (Lipinski definition) is 3. The Morgan fingerprint density at radius 1 is 1.21 bits per heavy atom. The summed E-state index contributed by atoms with van der Waals surface area (Å²) in [5, 5.41) is 3.96. The van der Waals surface area contributed by atoms with E-state index in [1.807, 2.05) is 55.1 Å². The monoisotopic (exact) mass is 324 g/mol. The Hall–Kier alpha value is -2.89. The molecule has 3 aromatic rings. The third-order valence-corrected chi connectivity index (χ3v) is 4.12. The smallest absolute Gasteiger partial charge is 0.348 e. The van der Waals surface area contributed by atoms with Crippen LogP contribution in [0.15, 0.2) is 41.3 Å². The Labute approximate surface area is 139 Å². The summed E-state index contributed by atoms with van der Waals surface area (Å²) in [7, 11) is 1.95. The Balaban J connectivity index is 1.69. The maximum absolute atomic E-state index is 12.3. The Morgan fingerprint density at radius 2 is 2.00 bits per heavy atom. The molecular weight excluding hydrogens is 304 g/mol. The first-order valence-electron chi connectivity index (χ1n) is 7.84. The predicted molar refractivity (Wildman–Crippen MR) is 93.2 cm³/mol. The van der Waals surface area contributed by atoms with Gasteiger partial charge >= 0.3 is 5.69 Å². The Morgan fingerprint density at radius 3 is 2.75 bits per heavy atom. The molecule has 0 atom stereocenters. The van der Waals surface area contributed by atoms with Crippen molar-refractivity contribution in [1.29, 1.82) is 0 Å². The zero-order valence-electron chi connectivity index (χ0n) is 14.0. The van der Waals surface area contributed by atoms with E-state index in [1.165, 1.54) is 0 Å². The molecule has 0 fully saturated rings. The summed E-state index contributed by atoms with van der Waals surface area (Å²) in [4.78, 5) is 28.1. The predicted octanol–water partition coefficient (Wildman–Crippen LogP) is 1.78. The summed E-state index contributed by atoms with van der Waals surface area (Å²) in [6.07, 6.45) is 1.96. The Bertz CT molecular complexity index is 969. The van der Waals surface area contributed by atoms with Crippen molar-refractivity contribution in [3.63, 3.8) is 0 Å². The maximum atomic E-state index is 12.3. The lowest BCUT2D eigenvalue weighted by atomic mass is 10.1. The molecule has 0 bridgehead atoms. The molecule has 6 nitrogen and oxygen atoms in total. The SMILES string of the molecule is Cc1cc(C)n(CCNC(=O)c2ccc3ccn(C)c3c2)c(=O)n1. The minimum Gasteiger partial charge on any atom is -0.351 e. The van der Waals surface area contributed by atoms with Gasteiger partial charge in [0.25, 0.3) is 5.91 Å². The van der Waals surface area contributed by atoms with E-state index < -0.39 is 0 Å². The van der Waals surface area contributed by atoms with E-state index in [4.69, 9.17) is 0 Å². The van der Waals surface area contributed by atoms with Crippen LogP contribution in [0, 0.1) is 13.8 Å². The molecule has 0 aliphatic heterocycles. The highest BCUT2D eigenvalue weighted by atomic mass is 16.2. The second-order valence-corrected chi connectivity index (χ2v) is 5.93. The van der Waals surface area contributed by atoms with Gasteiger partial charge in [0.2, 0.25) is 0 Å². The van der Waals surface area contributed by atoms with Crippen LogP contribution in [0.2, 0.25) is 0 Å². The molecule has 0 aliphatic rings. The molecule has 0 saturated heterocycles. The molecule has 2 aromatic heterocycles. The highest BCUT2D eigenvalue weighted by molar-refractivity contribution is 5.98. The number of carbonyl (C=O) groups is 1. The number of benzene rings is 1. The lowest BCUT2D eigenvalue weighted by Crippen LogP contribution is -2.33. The fourth-order valence-electron chi connectivity index (χ4n) is 2.83. The van der Waals surface area contributed by atoms with E-state index in [1.54, 1.807) is 11.5 Å². The zero-order chi connectivity index (χ0) is 17.3. The summed E-state index contributed by atoms with van der Waals surface area (Å²) >= 11 is 0. The van der Waals surface area contributed by atoms with Gasteiger partial charge in [0.1, 0.15) is 0 Å². The molecule has 2 heterocycles. The molecule has 124 valence electrons. The number of nitrogens with one attached hydrogen (secondary N) is 1. The minimum atomic E-state index is -0.285. The van der Waals surface area contributed by atoms with Gasteiger partial charge in [0.15, 0.2) is 0 Å². The number of fused-ring (bicyclic) bond motifs is 1. The summed E-state index contributed by atoms with van der Waals surface area (Å²) in [6, 6.07) is 9.48. The molecule has 1 N–H and O–H groups in total. The molecule has 0 saturated carbocycles. The molecule has 6 heteroatoms. The number of aryl methyl sites for hydroxylation is 3. The largest absolute Gasteiger partial charge is 0.351 e. The van der Waals surface area contributed by atoms with E-state index in [0.29, 0.717) is 24.3 Å². The number of hydrogen-bond donors (Lipinski definition) is 1. The molecule has 1 aromatic carbocycles. The van der Waals surface area contributed by atoms with Gasteiger partial charge in [-0.2, -0.15) is 4.98 Å². The van der Waals surface area contributed by atoms with Crippen molar-refractivity contribution in [3.05, 3.63) is 64.0 Å². The molecular formula is C18H20N4O2. The van der Waals surface area contributed by atoms with Crippen LogP contribution in [0.1, 0.15) is 21.7 Å². The van der Waals surface area contributed by atoms with Crippen molar-refractivity contribution in [1.82, 2.24) is 19.4 Å². The molecule has 0 unspecified atom stereocenters. The first kappa shape index (κ1) is 16.0. The fourth-order valence-corrected chi connectivity index (χ4v) is 2.83. The highest BCUT2D eigenvalue weighted by Gasteiger charge is 2.08. The Kier molecular flexibility index (Phi) is 4.20. The number of aromatic nitrogens is 3. The van der Waals surface area contributed by atoms with Crippen molar-refractivity contribution in [2.45, 2.75) is 20.4 Å². The van der Waals surface area contributed by atoms with Crippen LogP contribution < -0.4 is 11.0 Å². The standard InChI is InChI=1S/C18H20N4O2/c1-12-10-13(2)22(18(24)20-12)9-7-19-17(23)15-5-4-14-6-8-21(3)16(14)11-15/h4-6,8,10-11H,7,9H2,1-3H3,(H,19,23). The summed E-state index contributed by atoms with van der Waals surface area (Å²) in [5.74, 6) is -0.149. The average Bonchev–Trinajstić information content (AvgIpc) is 2.90. The lowest BCUT2D eigenvalue weighted by Gasteiger charge is -2.11. The third kappa shape index (κ3) is 3.08. The van der Waals surface area contributed by atoms with Crippen LogP contribution in [0.5, 0.6) is 0 Å². The molecule has 0 aliphatic carbocycles. The van der Waals surface area contributed by atoms with Crippen molar-refractivity contribution >= 4 is 16.8 Å². The van der Waals surface area contributed by atoms with Gasteiger partial charge in [0, 0.05) is 48.8 Å². The first-order chi connectivity index (χ1) is 11.5. The van der Waals surface area contributed by atoms with Crippen LogP contribution >= 0.6 is 0 Å². The first-order valence-corrected chi connectivity index (χ1v) is 7.84. The molecule has 1 amide bonds. The van der Waals surface area contributed by atoms with Crippen LogP contribution in [0.3, 0.4) is 0 Å². The van der Waals surface area contributed by atoms with Gasteiger partial charge in [-0.05, 0) is 43.5 Å². The van der Waals surface area contributed by atoms with Crippen LogP contribution in [0.4, 0.5) is 0 Å². The van der Waals surface area contributed by atoms with Crippen molar-refractivity contribution in [2.24, 2.45) is 7.05 Å². The van der Waals surface area contributed by atoms with E-state index in [2.05, 4.69) is 10.3 Å². The lowest BCUT2D eigenvalue weighted by molar-refractivity contribution is 0.0952. The van der Waals surface area contributed by atoms with E-state index in [0.717, 1.165) is 16.6 Å².